The molecule has 0 aromatic heterocycles. The highest BCUT2D eigenvalue weighted by Crippen LogP contribution is 2.31. The number of para-hydroxylation sites is 1. The number of aryl methyl sites for hydroxylation is 3. The highest BCUT2D eigenvalue weighted by atomic mass is 32.2. The van der Waals surface area contributed by atoms with E-state index in [1.807, 2.05) is 32.0 Å². The fraction of sp³-hybridized carbons (Fsp3) is 0.269. The first kappa shape index (κ1) is 25.2. The van der Waals surface area contributed by atoms with Crippen LogP contribution < -0.4 is 14.4 Å². The second-order valence-electron chi connectivity index (χ2n) is 7.85. The normalized spacial score (nSPS) is 11.2. The number of sulfonamides is 1. The maximum absolute atomic E-state index is 13.8. The Morgan fingerprint density at radius 1 is 1.00 bits per heavy atom. The van der Waals surface area contributed by atoms with Crippen molar-refractivity contribution in [1.29, 1.82) is 0 Å². The van der Waals surface area contributed by atoms with E-state index in [9.17, 15) is 17.6 Å². The van der Waals surface area contributed by atoms with Crippen molar-refractivity contribution in [3.05, 3.63) is 83.2 Å². The van der Waals surface area contributed by atoms with E-state index in [4.69, 9.17) is 4.74 Å². The van der Waals surface area contributed by atoms with E-state index >= 15 is 0 Å². The number of ether oxygens (including phenoxy) is 1. The number of nitrogens with one attached hydrogen (secondary N) is 1. The van der Waals surface area contributed by atoms with Gasteiger partial charge in [-0.3, -0.25) is 9.10 Å². The number of benzene rings is 3. The fourth-order valence-corrected chi connectivity index (χ4v) is 5.40. The van der Waals surface area contributed by atoms with Gasteiger partial charge in [0, 0.05) is 5.69 Å². The van der Waals surface area contributed by atoms with Crippen LogP contribution in [-0.4, -0.2) is 28.0 Å². The van der Waals surface area contributed by atoms with Gasteiger partial charge in [0.2, 0.25) is 5.91 Å². The number of nitrogens with zero attached hydrogens (tertiary/aromatic N) is 1. The Morgan fingerprint density at radius 2 is 1.62 bits per heavy atom. The summed E-state index contributed by atoms with van der Waals surface area (Å²) in [5.41, 5.74) is 3.50. The van der Waals surface area contributed by atoms with Crippen LogP contribution in [0.4, 0.5) is 15.8 Å². The minimum atomic E-state index is -4.23. The maximum Gasteiger partial charge on any atom is 0.268 e. The Morgan fingerprint density at radius 3 is 2.18 bits per heavy atom. The topological polar surface area (TPSA) is 75.7 Å². The molecular formula is C26H29FN2O4S. The summed E-state index contributed by atoms with van der Waals surface area (Å²) in [5.74, 6) is -0.860. The van der Waals surface area contributed by atoms with Crippen molar-refractivity contribution in [3.63, 3.8) is 0 Å². The van der Waals surface area contributed by atoms with E-state index < -0.39 is 28.3 Å². The second kappa shape index (κ2) is 10.7. The van der Waals surface area contributed by atoms with Gasteiger partial charge in [0.15, 0.2) is 0 Å². The van der Waals surface area contributed by atoms with Gasteiger partial charge in [-0.15, -0.1) is 0 Å². The number of amides is 1. The summed E-state index contributed by atoms with van der Waals surface area (Å²) < 4.78 is 47.4. The Hall–Kier alpha value is -3.39. The van der Waals surface area contributed by atoms with E-state index in [2.05, 4.69) is 5.32 Å². The third kappa shape index (κ3) is 5.39. The van der Waals surface area contributed by atoms with Crippen LogP contribution in [0.3, 0.4) is 0 Å². The molecule has 0 bridgehead atoms. The predicted molar refractivity (Wildman–Crippen MR) is 132 cm³/mol. The molecule has 1 N–H and O–H groups in total. The lowest BCUT2D eigenvalue weighted by Gasteiger charge is -2.25. The molecule has 34 heavy (non-hydrogen) atoms. The molecule has 1 amide bonds. The number of rotatable bonds is 9. The largest absolute Gasteiger partial charge is 0.495 e. The Balaban J connectivity index is 2.04. The lowest BCUT2D eigenvalue weighted by Crippen LogP contribution is -2.38. The molecule has 0 saturated heterocycles. The Bertz CT molecular complexity index is 1250. The van der Waals surface area contributed by atoms with E-state index in [1.165, 1.54) is 25.3 Å². The average Bonchev–Trinajstić information content (AvgIpc) is 2.83. The highest BCUT2D eigenvalue weighted by molar-refractivity contribution is 7.93. The van der Waals surface area contributed by atoms with Crippen molar-refractivity contribution < 1.29 is 22.3 Å². The van der Waals surface area contributed by atoms with E-state index in [-0.39, 0.29) is 16.3 Å². The summed E-state index contributed by atoms with van der Waals surface area (Å²) in [7, 11) is -2.84. The molecule has 0 atom stereocenters. The van der Waals surface area contributed by atoms with Crippen molar-refractivity contribution >= 4 is 27.3 Å². The number of halogens is 1. The molecule has 3 rings (SSSR count). The zero-order valence-corrected chi connectivity index (χ0v) is 20.6. The minimum absolute atomic E-state index is 0.0738. The standard InChI is InChI=1S/C26H29FN2O4S/c1-5-19-8-7-9-20(6-2)26(19)28-25(30)17-29(22-13-11-21(27)12-14-22)34(31,32)24-16-18(3)10-15-23(24)33-4/h7-16H,5-6,17H2,1-4H3,(H,28,30). The predicted octanol–water partition coefficient (Wildman–Crippen LogP) is 5.10. The summed E-state index contributed by atoms with van der Waals surface area (Å²) >= 11 is 0. The molecule has 3 aromatic rings. The first-order valence-corrected chi connectivity index (χ1v) is 12.5. The summed E-state index contributed by atoms with van der Waals surface area (Å²) in [6.45, 7) is 5.25. The summed E-state index contributed by atoms with van der Waals surface area (Å²) in [5, 5.41) is 2.91. The molecule has 0 fully saturated rings. The molecule has 180 valence electrons. The molecule has 3 aromatic carbocycles. The van der Waals surface area contributed by atoms with Gasteiger partial charge in [-0.2, -0.15) is 0 Å². The smallest absolute Gasteiger partial charge is 0.268 e. The molecule has 0 unspecified atom stereocenters. The second-order valence-corrected chi connectivity index (χ2v) is 9.68. The number of methoxy groups -OCH3 is 1. The number of hydrogen-bond donors (Lipinski definition) is 1. The van der Waals surface area contributed by atoms with Crippen LogP contribution in [0.1, 0.15) is 30.5 Å². The lowest BCUT2D eigenvalue weighted by molar-refractivity contribution is -0.114. The average molecular weight is 485 g/mol. The molecule has 8 heteroatoms. The van der Waals surface area contributed by atoms with Gasteiger partial charge >= 0.3 is 0 Å². The van der Waals surface area contributed by atoms with Gasteiger partial charge in [-0.1, -0.05) is 38.1 Å². The molecule has 0 aliphatic rings. The van der Waals surface area contributed by atoms with E-state index in [1.54, 1.807) is 19.1 Å². The molecule has 6 nitrogen and oxygen atoms in total. The van der Waals surface area contributed by atoms with Crippen LogP contribution in [-0.2, 0) is 27.7 Å². The quantitative estimate of drug-likeness (QED) is 0.458. The molecular weight excluding hydrogens is 455 g/mol. The first-order valence-electron chi connectivity index (χ1n) is 11.0. The SMILES string of the molecule is CCc1cccc(CC)c1NC(=O)CN(c1ccc(F)cc1)S(=O)(=O)c1cc(C)ccc1OC. The maximum atomic E-state index is 13.8. The number of carbonyl (C=O) groups is 1. The molecule has 0 aliphatic heterocycles. The Labute approximate surface area is 200 Å². The van der Waals surface area contributed by atoms with E-state index in [0.717, 1.165) is 27.6 Å². The van der Waals surface area contributed by atoms with Gasteiger partial charge in [-0.25, -0.2) is 12.8 Å². The third-order valence-corrected chi connectivity index (χ3v) is 7.35. The molecule has 0 radical (unpaired) electrons. The van der Waals surface area contributed by atoms with Gasteiger partial charge in [0.25, 0.3) is 10.0 Å². The van der Waals surface area contributed by atoms with Crippen LogP contribution in [0, 0.1) is 12.7 Å². The van der Waals surface area contributed by atoms with Crippen LogP contribution in [0.2, 0.25) is 0 Å². The van der Waals surface area contributed by atoms with Crippen molar-refractivity contribution in [2.24, 2.45) is 0 Å². The van der Waals surface area contributed by atoms with E-state index in [0.29, 0.717) is 24.1 Å². The van der Waals surface area contributed by atoms with Crippen molar-refractivity contribution in [2.75, 3.05) is 23.3 Å². The van der Waals surface area contributed by atoms with Crippen molar-refractivity contribution in [1.82, 2.24) is 0 Å². The third-order valence-electron chi connectivity index (χ3n) is 5.55. The lowest BCUT2D eigenvalue weighted by atomic mass is 10.0. The molecule has 0 aliphatic carbocycles. The monoisotopic (exact) mass is 484 g/mol. The zero-order valence-electron chi connectivity index (χ0n) is 19.8. The fourth-order valence-electron chi connectivity index (χ4n) is 3.74. The highest BCUT2D eigenvalue weighted by Gasteiger charge is 2.30. The number of anilines is 2. The van der Waals surface area contributed by atoms with Gasteiger partial charge in [0.05, 0.1) is 12.8 Å². The molecule has 0 saturated carbocycles. The van der Waals surface area contributed by atoms with Crippen LogP contribution in [0.15, 0.2) is 65.6 Å². The Kier molecular flexibility index (Phi) is 7.94. The minimum Gasteiger partial charge on any atom is -0.495 e. The van der Waals surface area contributed by atoms with Crippen LogP contribution >= 0.6 is 0 Å². The molecule has 0 spiro atoms. The number of hydrogen-bond acceptors (Lipinski definition) is 4. The summed E-state index contributed by atoms with van der Waals surface area (Å²) in [6, 6.07) is 15.6. The van der Waals surface area contributed by atoms with Gasteiger partial charge < -0.3 is 10.1 Å². The summed E-state index contributed by atoms with van der Waals surface area (Å²) in [4.78, 5) is 13.1. The summed E-state index contributed by atoms with van der Waals surface area (Å²) in [6.07, 6.45) is 1.42. The van der Waals surface area contributed by atoms with Crippen molar-refractivity contribution in [2.45, 2.75) is 38.5 Å². The zero-order chi connectivity index (χ0) is 24.9. The van der Waals surface area contributed by atoms with Crippen LogP contribution in [0.5, 0.6) is 5.75 Å². The van der Waals surface area contributed by atoms with Gasteiger partial charge in [-0.05, 0) is 72.9 Å². The molecule has 0 heterocycles. The van der Waals surface area contributed by atoms with Crippen LogP contribution in [0.25, 0.3) is 0 Å². The van der Waals surface area contributed by atoms with Crippen molar-refractivity contribution in [3.8, 4) is 5.75 Å². The number of carbonyl (C=O) groups excluding carboxylic acids is 1. The van der Waals surface area contributed by atoms with Gasteiger partial charge in [0.1, 0.15) is 23.0 Å². The first-order chi connectivity index (χ1) is 16.2.